The highest BCUT2D eigenvalue weighted by Gasteiger charge is 2.21. The Morgan fingerprint density at radius 2 is 2.03 bits per heavy atom. The van der Waals surface area contributed by atoms with Crippen LogP contribution in [0.1, 0.15) is 12.5 Å². The van der Waals surface area contributed by atoms with Crippen LogP contribution in [0.4, 0.5) is 8.78 Å². The number of fused-ring (bicyclic) bond motifs is 1. The molecule has 1 atom stereocenters. The fourth-order valence-corrected chi connectivity index (χ4v) is 3.83. The van der Waals surface area contributed by atoms with E-state index < -0.39 is 17.2 Å². The van der Waals surface area contributed by atoms with Gasteiger partial charge in [0.15, 0.2) is 17.2 Å². The van der Waals surface area contributed by atoms with Crippen molar-refractivity contribution >= 4 is 21.6 Å². The first-order valence-electron chi connectivity index (χ1n) is 9.34. The zero-order valence-electron chi connectivity index (χ0n) is 16.2. The van der Waals surface area contributed by atoms with Crippen LogP contribution in [-0.4, -0.2) is 29.0 Å². The fraction of sp³-hybridized carbons (Fsp3) is 0.227. The van der Waals surface area contributed by atoms with Crippen molar-refractivity contribution in [2.24, 2.45) is 0 Å². The maximum absolute atomic E-state index is 13.3. The van der Waals surface area contributed by atoms with E-state index in [1.165, 1.54) is 6.07 Å². The number of hydrogen-bond acceptors (Lipinski definition) is 6. The Morgan fingerprint density at radius 3 is 2.87 bits per heavy atom. The Balaban J connectivity index is 1.34. The normalized spacial score (nSPS) is 13.5. The molecule has 0 bridgehead atoms. The topological polar surface area (TPSA) is 67.5 Å². The van der Waals surface area contributed by atoms with Gasteiger partial charge in [-0.3, -0.25) is 0 Å². The Labute approximate surface area is 175 Å². The molecule has 4 rings (SSSR count). The molecule has 0 aliphatic rings. The van der Waals surface area contributed by atoms with Crippen molar-refractivity contribution in [2.75, 3.05) is 13.2 Å². The van der Waals surface area contributed by atoms with Crippen LogP contribution < -0.4 is 10.1 Å². The molecular weight excluding hydrogens is 410 g/mol. The second-order valence-electron chi connectivity index (χ2n) is 7.31. The quantitative estimate of drug-likeness (QED) is 0.422. The van der Waals surface area contributed by atoms with Crippen LogP contribution in [0.2, 0.25) is 0 Å². The molecule has 0 spiro atoms. The van der Waals surface area contributed by atoms with Gasteiger partial charge in [0.25, 0.3) is 0 Å². The van der Waals surface area contributed by atoms with E-state index in [1.807, 2.05) is 29.6 Å². The summed E-state index contributed by atoms with van der Waals surface area (Å²) in [6.45, 7) is 2.20. The van der Waals surface area contributed by atoms with Gasteiger partial charge in [0.2, 0.25) is 0 Å². The lowest BCUT2D eigenvalue weighted by Crippen LogP contribution is -2.42. The van der Waals surface area contributed by atoms with Crippen LogP contribution in [0.25, 0.3) is 21.5 Å². The summed E-state index contributed by atoms with van der Waals surface area (Å²) < 4.78 is 38.3. The minimum atomic E-state index is -1.16. The van der Waals surface area contributed by atoms with Gasteiger partial charge in [-0.05, 0) is 48.2 Å². The van der Waals surface area contributed by atoms with Gasteiger partial charge in [-0.15, -0.1) is 11.3 Å². The van der Waals surface area contributed by atoms with E-state index >= 15 is 0 Å². The smallest absolute Gasteiger partial charge is 0.178 e. The number of ether oxygens (including phenoxy) is 1. The number of hydrogen-bond donors (Lipinski definition) is 2. The van der Waals surface area contributed by atoms with E-state index in [1.54, 1.807) is 24.3 Å². The molecule has 2 aromatic carbocycles. The molecule has 0 saturated heterocycles. The zero-order chi connectivity index (χ0) is 21.1. The highest BCUT2D eigenvalue weighted by Crippen LogP contribution is 2.33. The molecule has 0 fully saturated rings. The molecule has 2 aromatic heterocycles. The molecule has 8 heteroatoms. The standard InChI is InChI=1S/C22H20F2N2O3S/c1-22(27,12-25-11-14-5-6-17(23)18(24)9-14)13-28-16-4-2-3-15(10-16)20-21-19(29-26-20)7-8-30-21/h2-10,25,27H,11-13H2,1H3/t22-/m0/s1. The maximum Gasteiger partial charge on any atom is 0.178 e. The molecule has 30 heavy (non-hydrogen) atoms. The van der Waals surface area contributed by atoms with Crippen molar-refractivity contribution in [3.8, 4) is 17.0 Å². The third kappa shape index (κ3) is 4.67. The molecule has 2 N–H and O–H groups in total. The van der Waals surface area contributed by atoms with E-state index in [0.717, 1.165) is 33.7 Å². The van der Waals surface area contributed by atoms with Crippen molar-refractivity contribution < 1.29 is 23.1 Å². The van der Waals surface area contributed by atoms with E-state index in [-0.39, 0.29) is 13.2 Å². The summed E-state index contributed by atoms with van der Waals surface area (Å²) in [6.07, 6.45) is 0. The molecule has 156 valence electrons. The van der Waals surface area contributed by atoms with E-state index in [0.29, 0.717) is 17.9 Å². The van der Waals surface area contributed by atoms with Crippen LogP contribution in [0, 0.1) is 11.6 Å². The zero-order valence-corrected chi connectivity index (χ0v) is 17.0. The average Bonchev–Trinajstić information content (AvgIpc) is 3.33. The lowest BCUT2D eigenvalue weighted by molar-refractivity contribution is 0.0120. The van der Waals surface area contributed by atoms with Crippen molar-refractivity contribution in [3.05, 3.63) is 71.1 Å². The lowest BCUT2D eigenvalue weighted by Gasteiger charge is -2.24. The summed E-state index contributed by atoms with van der Waals surface area (Å²) in [7, 11) is 0. The van der Waals surface area contributed by atoms with Gasteiger partial charge in [-0.2, -0.15) is 0 Å². The van der Waals surface area contributed by atoms with Gasteiger partial charge < -0.3 is 19.7 Å². The van der Waals surface area contributed by atoms with Crippen LogP contribution in [0.3, 0.4) is 0 Å². The van der Waals surface area contributed by atoms with Gasteiger partial charge in [0.1, 0.15) is 28.4 Å². The largest absolute Gasteiger partial charge is 0.491 e. The third-order valence-corrected chi connectivity index (χ3v) is 5.46. The lowest BCUT2D eigenvalue weighted by atomic mass is 10.1. The van der Waals surface area contributed by atoms with Gasteiger partial charge in [-0.1, -0.05) is 23.4 Å². The van der Waals surface area contributed by atoms with Crippen LogP contribution in [-0.2, 0) is 6.54 Å². The van der Waals surface area contributed by atoms with Crippen molar-refractivity contribution in [3.63, 3.8) is 0 Å². The fourth-order valence-electron chi connectivity index (χ4n) is 3.01. The van der Waals surface area contributed by atoms with Crippen LogP contribution in [0.5, 0.6) is 5.75 Å². The molecule has 0 aliphatic carbocycles. The number of halogens is 2. The van der Waals surface area contributed by atoms with E-state index in [2.05, 4.69) is 10.5 Å². The summed E-state index contributed by atoms with van der Waals surface area (Å²) >= 11 is 1.56. The first-order chi connectivity index (χ1) is 14.4. The molecule has 0 saturated carbocycles. The molecule has 0 radical (unpaired) electrons. The molecule has 0 amide bonds. The predicted octanol–water partition coefficient (Wildman–Crippen LogP) is 4.75. The van der Waals surface area contributed by atoms with Crippen LogP contribution in [0.15, 0.2) is 58.4 Å². The summed E-state index contributed by atoms with van der Waals surface area (Å²) in [4.78, 5) is 0. The number of aliphatic hydroxyl groups is 1. The predicted molar refractivity (Wildman–Crippen MR) is 112 cm³/mol. The number of rotatable bonds is 8. The molecule has 0 unspecified atom stereocenters. The van der Waals surface area contributed by atoms with Crippen molar-refractivity contribution in [1.29, 1.82) is 0 Å². The number of nitrogens with one attached hydrogen (secondary N) is 1. The Kier molecular flexibility index (Phi) is 5.80. The molecule has 4 aromatic rings. The van der Waals surface area contributed by atoms with Crippen molar-refractivity contribution in [2.45, 2.75) is 19.1 Å². The van der Waals surface area contributed by atoms with Gasteiger partial charge in [0, 0.05) is 18.7 Å². The molecule has 2 heterocycles. The minimum absolute atomic E-state index is 0.0501. The SMILES string of the molecule is C[C@](O)(CNCc1ccc(F)c(F)c1)COc1cccc(-c2noc3ccsc23)c1. The summed E-state index contributed by atoms with van der Waals surface area (Å²) in [6, 6.07) is 13.0. The average molecular weight is 430 g/mol. The Bertz CT molecular complexity index is 1160. The Morgan fingerprint density at radius 1 is 1.17 bits per heavy atom. The van der Waals surface area contributed by atoms with E-state index in [9.17, 15) is 13.9 Å². The second kappa shape index (κ2) is 8.51. The maximum atomic E-state index is 13.3. The number of benzene rings is 2. The number of nitrogens with zero attached hydrogens (tertiary/aromatic N) is 1. The number of thiophene rings is 1. The molecule has 0 aliphatic heterocycles. The monoisotopic (exact) mass is 430 g/mol. The van der Waals surface area contributed by atoms with Gasteiger partial charge >= 0.3 is 0 Å². The summed E-state index contributed by atoms with van der Waals surface area (Å²) in [5.41, 5.74) is 1.79. The van der Waals surface area contributed by atoms with Gasteiger partial charge in [0.05, 0.1) is 0 Å². The third-order valence-electron chi connectivity index (χ3n) is 4.56. The highest BCUT2D eigenvalue weighted by molar-refractivity contribution is 7.17. The first-order valence-corrected chi connectivity index (χ1v) is 10.2. The second-order valence-corrected chi connectivity index (χ2v) is 8.23. The first kappa shape index (κ1) is 20.5. The minimum Gasteiger partial charge on any atom is -0.491 e. The number of aromatic nitrogens is 1. The summed E-state index contributed by atoms with van der Waals surface area (Å²) in [5, 5.41) is 19.7. The van der Waals surface area contributed by atoms with Gasteiger partial charge in [-0.25, -0.2) is 8.78 Å². The molecule has 5 nitrogen and oxygen atoms in total. The van der Waals surface area contributed by atoms with Crippen molar-refractivity contribution in [1.82, 2.24) is 10.5 Å². The summed E-state index contributed by atoms with van der Waals surface area (Å²) in [5.74, 6) is -1.18. The van der Waals surface area contributed by atoms with E-state index in [4.69, 9.17) is 9.26 Å². The molecular formula is C22H20F2N2O3S. The Hall–Kier alpha value is -2.81. The highest BCUT2D eigenvalue weighted by atomic mass is 32.1. The van der Waals surface area contributed by atoms with Crippen LogP contribution >= 0.6 is 11.3 Å².